The van der Waals surface area contributed by atoms with Crippen LogP contribution in [0.1, 0.15) is 33.9 Å². The second-order valence-corrected chi connectivity index (χ2v) is 11.3. The maximum Gasteiger partial charge on any atom is 0.459 e. The largest absolute Gasteiger partial charge is 0.462 e. The lowest BCUT2D eigenvalue weighted by Gasteiger charge is -2.28. The van der Waals surface area contributed by atoms with Crippen molar-refractivity contribution in [2.75, 3.05) is 6.61 Å². The van der Waals surface area contributed by atoms with Crippen molar-refractivity contribution in [2.45, 2.75) is 63.9 Å². The molecule has 0 bridgehead atoms. The number of hydrogen-bond donors (Lipinski definition) is 4. The van der Waals surface area contributed by atoms with Crippen LogP contribution in [0.3, 0.4) is 0 Å². The molecule has 4 N–H and O–H groups in total. The summed E-state index contributed by atoms with van der Waals surface area (Å²) in [6.45, 7) is 5.77. The van der Waals surface area contributed by atoms with Gasteiger partial charge in [-0.15, -0.1) is 0 Å². The van der Waals surface area contributed by atoms with Crippen LogP contribution < -0.4 is 9.61 Å². The average molecular weight is 560 g/mol. The number of benzene rings is 1. The number of ether oxygens (including phenoxy) is 2. The molecule has 1 aromatic heterocycles. The highest BCUT2D eigenvalue weighted by atomic mass is 32.1. The molecule has 11 nitrogen and oxygen atoms in total. The molecule has 198 valence electrons. The van der Waals surface area contributed by atoms with Crippen LogP contribution in [0.25, 0.3) is 0 Å². The summed E-state index contributed by atoms with van der Waals surface area (Å²) in [7, 11) is -4.19. The first-order valence-corrected chi connectivity index (χ1v) is 13.5. The molecule has 0 saturated carbocycles. The van der Waals surface area contributed by atoms with Gasteiger partial charge in [0.2, 0.25) is 0 Å². The summed E-state index contributed by atoms with van der Waals surface area (Å²) in [6.07, 6.45) is -2.51. The molecule has 1 aliphatic heterocycles. The summed E-state index contributed by atoms with van der Waals surface area (Å²) in [5, 5.41) is 24.3. The molecule has 2 aromatic rings. The topological polar surface area (TPSA) is 144 Å². The number of para-hydroxylation sites is 1. The van der Waals surface area contributed by atoms with Crippen LogP contribution in [0, 0.1) is 9.41 Å². The van der Waals surface area contributed by atoms with Gasteiger partial charge in [0.1, 0.15) is 34.2 Å². The van der Waals surface area contributed by atoms with E-state index in [1.54, 1.807) is 50.2 Å². The Hall–Kier alpha value is -1.96. The molecule has 1 fully saturated rings. The molecule has 36 heavy (non-hydrogen) atoms. The van der Waals surface area contributed by atoms with Gasteiger partial charge < -0.3 is 29.2 Å². The summed E-state index contributed by atoms with van der Waals surface area (Å²) in [4.78, 5) is 15.1. The zero-order chi connectivity index (χ0) is 26.7. The minimum Gasteiger partial charge on any atom is -0.462 e. The Kier molecular flexibility index (Phi) is 9.23. The van der Waals surface area contributed by atoms with E-state index in [1.807, 2.05) is 0 Å². The quantitative estimate of drug-likeness (QED) is 0.193. The van der Waals surface area contributed by atoms with E-state index in [1.165, 1.54) is 24.6 Å². The molecular formula is C22H30N3O8PS2. The first-order chi connectivity index (χ1) is 16.8. The third-order valence-corrected chi connectivity index (χ3v) is 7.49. The number of aromatic nitrogens is 2. The van der Waals surface area contributed by atoms with Crippen LogP contribution >= 0.6 is 32.2 Å². The number of hydrogen-bond acceptors (Lipinski definition) is 10. The van der Waals surface area contributed by atoms with Gasteiger partial charge in [-0.3, -0.25) is 13.9 Å². The summed E-state index contributed by atoms with van der Waals surface area (Å²) in [6, 6.07) is 8.76. The maximum absolute atomic E-state index is 13.6. The van der Waals surface area contributed by atoms with Crippen molar-refractivity contribution in [1.82, 2.24) is 14.6 Å². The lowest BCUT2D eigenvalue weighted by molar-refractivity contribution is -0.149. The number of nitrogens with zero attached hydrogens (tertiary/aromatic N) is 1. The van der Waals surface area contributed by atoms with Gasteiger partial charge in [-0.05, 0) is 58.1 Å². The lowest BCUT2D eigenvalue weighted by Crippen LogP contribution is -2.44. The number of carbonyl (C=O) groups excluding carboxylic acids is 1. The number of rotatable bonds is 10. The zero-order valence-electron chi connectivity index (χ0n) is 20.2. The molecule has 2 heterocycles. The number of aliphatic hydroxyl groups excluding tert-OH is 1. The van der Waals surface area contributed by atoms with Crippen LogP contribution in [-0.4, -0.2) is 62.3 Å². The summed E-state index contributed by atoms with van der Waals surface area (Å²) in [5.41, 5.74) is -1.78. The zero-order valence-corrected chi connectivity index (χ0v) is 22.7. The maximum atomic E-state index is 13.6. The van der Waals surface area contributed by atoms with Crippen molar-refractivity contribution < 1.29 is 38.1 Å². The Morgan fingerprint density at radius 2 is 1.94 bits per heavy atom. The van der Waals surface area contributed by atoms with Crippen molar-refractivity contribution in [2.24, 2.45) is 0 Å². The molecule has 14 heteroatoms. The van der Waals surface area contributed by atoms with E-state index in [0.29, 0.717) is 4.64 Å². The molecular weight excluding hydrogens is 529 g/mol. The Morgan fingerprint density at radius 1 is 1.28 bits per heavy atom. The molecule has 0 aliphatic carbocycles. The average Bonchev–Trinajstić information content (AvgIpc) is 3.01. The van der Waals surface area contributed by atoms with Crippen LogP contribution in [-0.2, 0) is 23.4 Å². The van der Waals surface area contributed by atoms with Crippen molar-refractivity contribution in [3.63, 3.8) is 0 Å². The monoisotopic (exact) mass is 559 g/mol. The Balaban J connectivity index is 1.80. The Labute approximate surface area is 219 Å². The lowest BCUT2D eigenvalue weighted by atomic mass is 9.96. The van der Waals surface area contributed by atoms with Crippen LogP contribution in [0.4, 0.5) is 0 Å². The molecule has 1 aromatic carbocycles. The second kappa shape index (κ2) is 11.6. The second-order valence-electron chi connectivity index (χ2n) is 8.75. The number of nitrogens with one attached hydrogen (secondary N) is 2. The molecule has 0 spiro atoms. The Morgan fingerprint density at radius 3 is 2.56 bits per heavy atom. The highest BCUT2D eigenvalue weighted by Gasteiger charge is 2.53. The van der Waals surface area contributed by atoms with Gasteiger partial charge in [0, 0.05) is 6.20 Å². The van der Waals surface area contributed by atoms with Gasteiger partial charge in [0.15, 0.2) is 11.0 Å². The van der Waals surface area contributed by atoms with E-state index >= 15 is 0 Å². The summed E-state index contributed by atoms with van der Waals surface area (Å²) >= 11 is 10.3. The van der Waals surface area contributed by atoms with Gasteiger partial charge in [-0.1, -0.05) is 30.4 Å². The van der Waals surface area contributed by atoms with Gasteiger partial charge in [0.05, 0.1) is 12.7 Å². The van der Waals surface area contributed by atoms with E-state index in [4.69, 9.17) is 43.0 Å². The van der Waals surface area contributed by atoms with Crippen LogP contribution in [0.15, 0.2) is 42.6 Å². The van der Waals surface area contributed by atoms with E-state index < -0.39 is 50.4 Å². The molecule has 6 atom stereocenters. The van der Waals surface area contributed by atoms with Gasteiger partial charge in [-0.25, -0.2) is 4.57 Å². The van der Waals surface area contributed by atoms with Crippen LogP contribution in [0.2, 0.25) is 0 Å². The fourth-order valence-corrected chi connectivity index (χ4v) is 5.49. The highest BCUT2D eigenvalue weighted by molar-refractivity contribution is 7.72. The molecule has 1 aliphatic rings. The molecule has 2 unspecified atom stereocenters. The predicted octanol–water partition coefficient (Wildman–Crippen LogP) is 3.42. The van der Waals surface area contributed by atoms with E-state index in [9.17, 15) is 19.6 Å². The minimum atomic E-state index is -4.19. The molecule has 0 amide bonds. The predicted molar refractivity (Wildman–Crippen MR) is 135 cm³/mol. The number of aromatic amines is 1. The number of aliphatic hydroxyl groups is 2. The van der Waals surface area contributed by atoms with Crippen LogP contribution in [0.5, 0.6) is 5.75 Å². The van der Waals surface area contributed by atoms with Gasteiger partial charge in [0.25, 0.3) is 0 Å². The van der Waals surface area contributed by atoms with Gasteiger partial charge >= 0.3 is 13.7 Å². The standard InChI is InChI=1S/C22H30N3O8PS2/c1-13(2)31-19(27)14(3)24-34(29,33-15-8-6-5-7-9-15)30-12-16-18(26)22(4,28)20(32-16)25-11-10-17(35)23-21(25)36/h5-11,13-14,16,18,20,26,28H,12H2,1-4H3,(H,24,29)(H,23,35,36)/t14-,16+,18?,20+,22+,34?/m0/s1. The smallest absolute Gasteiger partial charge is 0.459 e. The number of H-pyrrole nitrogens is 1. The van der Waals surface area contributed by atoms with Crippen molar-refractivity contribution in [3.05, 3.63) is 52.0 Å². The molecule has 3 rings (SSSR count). The minimum absolute atomic E-state index is 0.179. The highest BCUT2D eigenvalue weighted by Crippen LogP contribution is 2.47. The first-order valence-electron chi connectivity index (χ1n) is 11.2. The fourth-order valence-electron chi connectivity index (χ4n) is 3.50. The third-order valence-electron chi connectivity index (χ3n) is 5.29. The molecule has 0 radical (unpaired) electrons. The van der Waals surface area contributed by atoms with E-state index in [0.717, 1.165) is 0 Å². The van der Waals surface area contributed by atoms with Crippen molar-refractivity contribution in [3.8, 4) is 5.75 Å². The van der Waals surface area contributed by atoms with Gasteiger partial charge in [-0.2, -0.15) is 5.09 Å². The van der Waals surface area contributed by atoms with Crippen molar-refractivity contribution >= 4 is 38.2 Å². The van der Waals surface area contributed by atoms with Crippen molar-refractivity contribution in [1.29, 1.82) is 0 Å². The van der Waals surface area contributed by atoms with E-state index in [-0.39, 0.29) is 16.6 Å². The number of carbonyl (C=O) groups is 1. The molecule has 1 saturated heterocycles. The third kappa shape index (κ3) is 6.87. The SMILES string of the molecule is CC(C)OC(=O)[C@H](C)NP(=O)(OC[C@H]1O[C@@H](n2ccc(=S)[nH]c2=S)[C@](C)(O)C1O)Oc1ccccc1. The van der Waals surface area contributed by atoms with E-state index in [2.05, 4.69) is 10.1 Å². The summed E-state index contributed by atoms with van der Waals surface area (Å²) < 4.78 is 37.9. The normalized spacial score (nSPS) is 26.4. The Bertz CT molecular complexity index is 1220. The fraction of sp³-hybridized carbons (Fsp3) is 0.500. The number of esters is 1. The first kappa shape index (κ1) is 28.6. The summed E-state index contributed by atoms with van der Waals surface area (Å²) in [5.74, 6) is -0.428.